The monoisotopic (exact) mass is 687 g/mol. The number of alkyl halides is 3. The molecule has 0 spiro atoms. The highest BCUT2D eigenvalue weighted by Crippen LogP contribution is 2.47. The maximum absolute atomic E-state index is 9.77. The Morgan fingerprint density at radius 1 is 0.810 bits per heavy atom. The van der Waals surface area contributed by atoms with Gasteiger partial charge in [0, 0.05) is 60.2 Å². The highest BCUT2D eigenvalue weighted by Gasteiger charge is 2.29. The van der Waals surface area contributed by atoms with E-state index in [4.69, 9.17) is 55.2 Å². The first-order chi connectivity index (χ1) is 19.5. The number of aliphatic carboxylic acids is 2. The summed E-state index contributed by atoms with van der Waals surface area (Å²) in [5.41, 5.74) is 2.68. The summed E-state index contributed by atoms with van der Waals surface area (Å²) < 4.78 is 0. The highest BCUT2D eigenvalue weighted by molar-refractivity contribution is 7.99. The lowest BCUT2D eigenvalue weighted by atomic mass is 10.1. The van der Waals surface area contributed by atoms with Crippen LogP contribution in [0.4, 0.5) is 11.4 Å². The lowest BCUT2D eigenvalue weighted by molar-refractivity contribution is -0.165. The third-order valence-electron chi connectivity index (χ3n) is 5.71. The zero-order chi connectivity index (χ0) is 30.9. The Balaban J connectivity index is 0.000000680. The molecule has 0 bridgehead atoms. The highest BCUT2D eigenvalue weighted by atomic mass is 35.5. The first-order valence-electron chi connectivity index (χ1n) is 13.0. The second-order valence-corrected chi connectivity index (χ2v) is 11.7. The summed E-state index contributed by atoms with van der Waals surface area (Å²) in [5.74, 6) is -0.982. The number of fused-ring (bicyclic) bond motifs is 2. The molecule has 0 saturated carbocycles. The summed E-state index contributed by atoms with van der Waals surface area (Å²) in [6.45, 7) is 7.11. The summed E-state index contributed by atoms with van der Waals surface area (Å²) in [6, 6.07) is 17.4. The minimum Gasteiger partial charge on any atom is -0.479 e. The van der Waals surface area contributed by atoms with Crippen LogP contribution in [0.25, 0.3) is 0 Å². The van der Waals surface area contributed by atoms with E-state index >= 15 is 0 Å². The number of hydrogen-bond acceptors (Lipinski definition) is 8. The zero-order valence-electron chi connectivity index (χ0n) is 23.9. The van der Waals surface area contributed by atoms with E-state index in [1.807, 2.05) is 11.8 Å². The Morgan fingerprint density at radius 3 is 1.52 bits per heavy atom. The van der Waals surface area contributed by atoms with Gasteiger partial charge in [-0.3, -0.25) is 4.90 Å². The van der Waals surface area contributed by atoms with Crippen molar-refractivity contribution in [2.75, 3.05) is 69.4 Å². The molecule has 0 aliphatic carbocycles. The maximum Gasteiger partial charge on any atom is 0.335 e. The van der Waals surface area contributed by atoms with E-state index < -0.39 is 24.1 Å². The molecule has 42 heavy (non-hydrogen) atoms. The van der Waals surface area contributed by atoms with Crippen molar-refractivity contribution in [1.29, 1.82) is 0 Å². The van der Waals surface area contributed by atoms with Gasteiger partial charge in [-0.25, -0.2) is 9.59 Å². The first kappa shape index (κ1) is 40.5. The molecule has 3 atom stereocenters. The van der Waals surface area contributed by atoms with E-state index in [0.29, 0.717) is 23.6 Å². The van der Waals surface area contributed by atoms with E-state index in [9.17, 15) is 9.59 Å². The minimum atomic E-state index is -2.27. The molecule has 1 aliphatic heterocycles. The number of hydrogen-bond donors (Lipinski definition) is 4. The van der Waals surface area contributed by atoms with Crippen LogP contribution in [0.5, 0.6) is 0 Å². The zero-order valence-corrected chi connectivity index (χ0v) is 27.8. The normalized spacial score (nSPS) is 13.7. The quantitative estimate of drug-likeness (QED) is 0.218. The van der Waals surface area contributed by atoms with Crippen molar-refractivity contribution in [2.45, 2.75) is 28.9 Å². The van der Waals surface area contributed by atoms with Crippen LogP contribution in [0.2, 0.25) is 0 Å². The number of aliphatic hydroxyl groups is 2. The van der Waals surface area contributed by atoms with Crippen molar-refractivity contribution < 1.29 is 30.0 Å². The largest absolute Gasteiger partial charge is 0.479 e. The van der Waals surface area contributed by atoms with Gasteiger partial charge in [-0.15, -0.1) is 47.2 Å². The molecule has 9 nitrogen and oxygen atoms in total. The van der Waals surface area contributed by atoms with Crippen molar-refractivity contribution in [1.82, 2.24) is 9.80 Å². The van der Waals surface area contributed by atoms with Gasteiger partial charge in [0.1, 0.15) is 0 Å². The van der Waals surface area contributed by atoms with Crippen LogP contribution >= 0.6 is 59.0 Å². The van der Waals surface area contributed by atoms with Gasteiger partial charge in [-0.1, -0.05) is 43.0 Å². The number of carbonyl (C=O) groups is 2. The van der Waals surface area contributed by atoms with Gasteiger partial charge in [0.2, 0.25) is 0 Å². The number of anilines is 2. The Bertz CT molecular complexity index is 994. The van der Waals surface area contributed by atoms with Crippen LogP contribution in [-0.4, -0.2) is 119 Å². The minimum absolute atomic E-state index is 0. The lowest BCUT2D eigenvalue weighted by Gasteiger charge is -2.35. The Kier molecular flexibility index (Phi) is 21.3. The number of para-hydroxylation sites is 2. The number of halogens is 4. The maximum atomic E-state index is 9.77. The predicted molar refractivity (Wildman–Crippen MR) is 175 cm³/mol. The Hall–Kier alpha value is -1.47. The van der Waals surface area contributed by atoms with Gasteiger partial charge >= 0.3 is 11.9 Å². The second kappa shape index (κ2) is 22.1. The number of nitrogens with zero attached hydrogens (tertiary/aromatic N) is 3. The van der Waals surface area contributed by atoms with Crippen molar-refractivity contribution >= 4 is 82.3 Å². The van der Waals surface area contributed by atoms with Gasteiger partial charge in [0.15, 0.2) is 12.2 Å². The van der Waals surface area contributed by atoms with E-state index in [1.165, 1.54) is 21.2 Å². The number of rotatable bonds is 13. The molecule has 0 saturated heterocycles. The van der Waals surface area contributed by atoms with Crippen LogP contribution in [-0.2, 0) is 9.59 Å². The molecule has 2 aromatic rings. The first-order valence-corrected chi connectivity index (χ1v) is 15.4. The van der Waals surface area contributed by atoms with Crippen LogP contribution in [0.3, 0.4) is 0 Å². The summed E-state index contributed by atoms with van der Waals surface area (Å²) in [7, 11) is 4.29. The third-order valence-corrected chi connectivity index (χ3v) is 7.35. The average molecular weight is 690 g/mol. The molecule has 0 radical (unpaired) electrons. The Morgan fingerprint density at radius 2 is 1.19 bits per heavy atom. The molecule has 14 heteroatoms. The fourth-order valence-corrected chi connectivity index (χ4v) is 5.75. The fraction of sp³-hybridized carbons (Fsp3) is 0.500. The van der Waals surface area contributed by atoms with E-state index in [2.05, 4.69) is 84.2 Å². The molecule has 0 aromatic heterocycles. The molecule has 4 N–H and O–H groups in total. The molecule has 2 aromatic carbocycles. The van der Waals surface area contributed by atoms with Gasteiger partial charge in [0.05, 0.1) is 11.4 Å². The smallest absolute Gasteiger partial charge is 0.335 e. The number of aliphatic hydroxyl groups excluding tert-OH is 2. The van der Waals surface area contributed by atoms with Crippen LogP contribution in [0.1, 0.15) is 6.92 Å². The van der Waals surface area contributed by atoms with Crippen molar-refractivity contribution in [3.63, 3.8) is 0 Å². The standard InChI is InChI=1S/C18H22N2S.C6H12Cl3N.C4H6O6.ClH/c1-14(12-19(2)3)13-20-15-8-4-6-10-17(15)21-18-11-7-5-9-16(18)20;7-1-4-10(5-2-8)6-3-9;5-1(3(7)8)2(6)4(9)10;/h4-11,14H,12-13H2,1-3H3;1-6H2;1-2,5-6H,(H,7,8)(H,9,10);1H. The summed E-state index contributed by atoms with van der Waals surface area (Å²) in [4.78, 5) is 29.1. The molecular formula is C28H41Cl4N3O6S. The Labute approximate surface area is 273 Å². The van der Waals surface area contributed by atoms with Crippen LogP contribution < -0.4 is 4.90 Å². The SMILES string of the molecule is CC(CN(C)C)CN1c2ccccc2Sc2ccccc21.Cl.ClCCN(CCCl)CCCl.O=C(O)C(O)C(O)C(=O)O. The van der Waals surface area contributed by atoms with E-state index in [0.717, 1.165) is 32.7 Å². The van der Waals surface area contributed by atoms with Crippen LogP contribution in [0, 0.1) is 5.92 Å². The summed E-state index contributed by atoms with van der Waals surface area (Å²) in [5, 5.41) is 32.5. The van der Waals surface area contributed by atoms with Crippen molar-refractivity contribution in [2.24, 2.45) is 5.92 Å². The van der Waals surface area contributed by atoms with Gasteiger partial charge < -0.3 is 30.2 Å². The fourth-order valence-electron chi connectivity index (χ4n) is 3.93. The van der Waals surface area contributed by atoms with Crippen molar-refractivity contribution in [3.05, 3.63) is 48.5 Å². The van der Waals surface area contributed by atoms with Gasteiger partial charge in [-0.05, 0) is 44.3 Å². The molecule has 0 amide bonds. The second-order valence-electron chi connectivity index (χ2n) is 9.49. The molecular weight excluding hydrogens is 648 g/mol. The third kappa shape index (κ3) is 14.3. The number of carboxylic acid groups (broad SMARTS) is 2. The molecule has 3 rings (SSSR count). The average Bonchev–Trinajstić information content (AvgIpc) is 2.92. The lowest BCUT2D eigenvalue weighted by Crippen LogP contribution is -2.39. The number of carboxylic acids is 2. The van der Waals surface area contributed by atoms with E-state index in [-0.39, 0.29) is 12.4 Å². The van der Waals surface area contributed by atoms with E-state index in [1.54, 1.807) is 0 Å². The number of benzene rings is 2. The summed E-state index contributed by atoms with van der Waals surface area (Å²) >= 11 is 18.5. The van der Waals surface area contributed by atoms with Gasteiger partial charge in [0.25, 0.3) is 0 Å². The molecule has 238 valence electrons. The van der Waals surface area contributed by atoms with Gasteiger partial charge in [-0.2, -0.15) is 0 Å². The molecule has 1 heterocycles. The molecule has 0 fully saturated rings. The van der Waals surface area contributed by atoms with Crippen LogP contribution in [0.15, 0.2) is 58.3 Å². The molecule has 3 unspecified atom stereocenters. The van der Waals surface area contributed by atoms with Crippen molar-refractivity contribution in [3.8, 4) is 0 Å². The molecule has 1 aliphatic rings. The predicted octanol–water partition coefficient (Wildman–Crippen LogP) is 4.79. The summed E-state index contributed by atoms with van der Waals surface area (Å²) in [6.07, 6.45) is -4.53. The topological polar surface area (TPSA) is 125 Å².